The molecule has 2 aliphatic rings. The van der Waals surface area contributed by atoms with Crippen LogP contribution in [-0.2, 0) is 5.60 Å². The Morgan fingerprint density at radius 1 is 1.25 bits per heavy atom. The molecule has 0 spiro atoms. The van der Waals surface area contributed by atoms with Gasteiger partial charge in [0.15, 0.2) is 0 Å². The SMILES string of the molecule is CC12CCC(C1)C(C)(C)C2(O)c1c(F)ccc(Br)c1F. The van der Waals surface area contributed by atoms with Crippen LogP contribution >= 0.6 is 15.9 Å². The molecule has 2 saturated carbocycles. The second kappa shape index (κ2) is 4.04. The Kier molecular flexibility index (Phi) is 2.92. The van der Waals surface area contributed by atoms with Crippen LogP contribution in [0.5, 0.6) is 0 Å². The van der Waals surface area contributed by atoms with Crippen molar-refractivity contribution in [2.45, 2.75) is 45.6 Å². The number of aliphatic hydroxyl groups is 1. The van der Waals surface area contributed by atoms with E-state index in [1.807, 2.05) is 20.8 Å². The summed E-state index contributed by atoms with van der Waals surface area (Å²) >= 11 is 3.11. The average Bonchev–Trinajstić information content (AvgIpc) is 2.83. The summed E-state index contributed by atoms with van der Waals surface area (Å²) in [5, 5.41) is 11.4. The molecule has 0 saturated heterocycles. The molecule has 1 aromatic carbocycles. The second-order valence-electron chi connectivity index (χ2n) is 7.15. The van der Waals surface area contributed by atoms with E-state index in [0.717, 1.165) is 19.3 Å². The summed E-state index contributed by atoms with van der Waals surface area (Å²) < 4.78 is 29.1. The molecule has 0 radical (unpaired) electrons. The third-order valence-electron chi connectivity index (χ3n) is 5.97. The average molecular weight is 345 g/mol. The zero-order valence-corrected chi connectivity index (χ0v) is 13.5. The molecule has 3 atom stereocenters. The highest BCUT2D eigenvalue weighted by Crippen LogP contribution is 2.72. The Balaban J connectivity index is 2.31. The van der Waals surface area contributed by atoms with Crippen LogP contribution in [0.15, 0.2) is 16.6 Å². The first-order valence-electron chi connectivity index (χ1n) is 7.01. The Morgan fingerprint density at radius 2 is 1.90 bits per heavy atom. The minimum atomic E-state index is -1.47. The van der Waals surface area contributed by atoms with Gasteiger partial charge in [-0.15, -0.1) is 0 Å². The van der Waals surface area contributed by atoms with Crippen molar-refractivity contribution in [1.82, 2.24) is 0 Å². The van der Waals surface area contributed by atoms with Crippen molar-refractivity contribution in [2.75, 3.05) is 0 Å². The number of rotatable bonds is 1. The molecule has 3 rings (SSSR count). The lowest BCUT2D eigenvalue weighted by Gasteiger charge is -2.51. The molecule has 4 heteroatoms. The van der Waals surface area contributed by atoms with Gasteiger partial charge in [0.1, 0.15) is 17.2 Å². The third-order valence-corrected chi connectivity index (χ3v) is 6.59. The topological polar surface area (TPSA) is 20.2 Å². The van der Waals surface area contributed by atoms with Crippen LogP contribution in [0, 0.1) is 28.4 Å². The monoisotopic (exact) mass is 344 g/mol. The van der Waals surface area contributed by atoms with Gasteiger partial charge in [-0.1, -0.05) is 20.8 Å². The Bertz CT molecular complexity index is 579. The molecule has 3 unspecified atom stereocenters. The van der Waals surface area contributed by atoms with Gasteiger partial charge in [-0.2, -0.15) is 0 Å². The third kappa shape index (κ3) is 1.45. The van der Waals surface area contributed by atoms with Crippen LogP contribution in [-0.4, -0.2) is 5.11 Å². The Hall–Kier alpha value is -0.480. The van der Waals surface area contributed by atoms with E-state index < -0.39 is 28.1 Å². The number of halogens is 3. The fraction of sp³-hybridized carbons (Fsp3) is 0.625. The molecule has 0 amide bonds. The maximum Gasteiger partial charge on any atom is 0.146 e. The minimum Gasteiger partial charge on any atom is -0.384 e. The van der Waals surface area contributed by atoms with E-state index in [1.54, 1.807) is 0 Å². The van der Waals surface area contributed by atoms with Crippen molar-refractivity contribution < 1.29 is 13.9 Å². The number of fused-ring (bicyclic) bond motifs is 2. The summed E-state index contributed by atoms with van der Waals surface area (Å²) in [5.74, 6) is -1.03. The first kappa shape index (κ1) is 14.5. The van der Waals surface area contributed by atoms with Crippen LogP contribution < -0.4 is 0 Å². The largest absolute Gasteiger partial charge is 0.384 e. The van der Waals surface area contributed by atoms with Crippen molar-refractivity contribution in [3.63, 3.8) is 0 Å². The van der Waals surface area contributed by atoms with E-state index in [2.05, 4.69) is 15.9 Å². The van der Waals surface area contributed by atoms with Crippen LogP contribution in [0.25, 0.3) is 0 Å². The molecule has 2 bridgehead atoms. The van der Waals surface area contributed by atoms with Crippen molar-refractivity contribution in [1.29, 1.82) is 0 Å². The minimum absolute atomic E-state index is 0.165. The lowest BCUT2D eigenvalue weighted by molar-refractivity contribution is -0.154. The van der Waals surface area contributed by atoms with E-state index in [-0.39, 0.29) is 10.0 Å². The van der Waals surface area contributed by atoms with Gasteiger partial charge in [0, 0.05) is 10.8 Å². The van der Waals surface area contributed by atoms with Crippen molar-refractivity contribution >= 4 is 15.9 Å². The zero-order valence-electron chi connectivity index (χ0n) is 11.9. The number of hydrogen-bond donors (Lipinski definition) is 1. The molecule has 1 N–H and O–H groups in total. The van der Waals surface area contributed by atoms with Gasteiger partial charge in [0.25, 0.3) is 0 Å². The molecule has 110 valence electrons. The van der Waals surface area contributed by atoms with E-state index in [1.165, 1.54) is 12.1 Å². The van der Waals surface area contributed by atoms with Gasteiger partial charge < -0.3 is 5.11 Å². The van der Waals surface area contributed by atoms with Crippen molar-refractivity contribution in [3.8, 4) is 0 Å². The highest BCUT2D eigenvalue weighted by Gasteiger charge is 2.70. The summed E-state index contributed by atoms with van der Waals surface area (Å²) in [5.41, 5.74) is -2.64. The van der Waals surface area contributed by atoms with Gasteiger partial charge in [-0.25, -0.2) is 8.78 Å². The van der Waals surface area contributed by atoms with Crippen LogP contribution in [0.4, 0.5) is 8.78 Å². The van der Waals surface area contributed by atoms with E-state index in [0.29, 0.717) is 5.92 Å². The summed E-state index contributed by atoms with van der Waals surface area (Å²) in [7, 11) is 0. The van der Waals surface area contributed by atoms with E-state index >= 15 is 0 Å². The molecule has 2 aliphatic carbocycles. The molecule has 0 aromatic heterocycles. The van der Waals surface area contributed by atoms with Gasteiger partial charge in [-0.05, 0) is 53.2 Å². The first-order valence-corrected chi connectivity index (χ1v) is 7.81. The van der Waals surface area contributed by atoms with Crippen LogP contribution in [0.2, 0.25) is 0 Å². The van der Waals surface area contributed by atoms with Crippen LogP contribution in [0.3, 0.4) is 0 Å². The molecular formula is C16H19BrF2O. The number of hydrogen-bond acceptors (Lipinski definition) is 1. The fourth-order valence-electron chi connectivity index (χ4n) is 4.74. The fourth-order valence-corrected chi connectivity index (χ4v) is 5.07. The molecule has 20 heavy (non-hydrogen) atoms. The second-order valence-corrected chi connectivity index (χ2v) is 8.01. The highest BCUT2D eigenvalue weighted by molar-refractivity contribution is 9.10. The summed E-state index contributed by atoms with van der Waals surface area (Å²) in [6.07, 6.45) is 2.65. The maximum absolute atomic E-state index is 14.6. The van der Waals surface area contributed by atoms with Gasteiger partial charge in [0.05, 0.1) is 10.0 Å². The smallest absolute Gasteiger partial charge is 0.146 e. The van der Waals surface area contributed by atoms with E-state index in [4.69, 9.17) is 0 Å². The predicted molar refractivity (Wildman–Crippen MR) is 77.2 cm³/mol. The quantitative estimate of drug-likeness (QED) is 0.728. The van der Waals surface area contributed by atoms with Crippen molar-refractivity contribution in [2.24, 2.45) is 16.7 Å². The highest BCUT2D eigenvalue weighted by atomic mass is 79.9. The zero-order chi connectivity index (χ0) is 14.9. The summed E-state index contributed by atoms with van der Waals surface area (Å²) in [6.45, 7) is 5.82. The lowest BCUT2D eigenvalue weighted by Crippen LogP contribution is -2.52. The maximum atomic E-state index is 14.6. The lowest BCUT2D eigenvalue weighted by atomic mass is 9.57. The molecular weight excluding hydrogens is 326 g/mol. The van der Waals surface area contributed by atoms with Crippen LogP contribution in [0.1, 0.15) is 45.6 Å². The standard InChI is InChI=1S/C16H19BrF2O/c1-14(2)9-6-7-15(3,8-9)16(14,20)12-11(18)5-4-10(17)13(12)19/h4-5,9,20H,6-8H2,1-3H3. The number of benzene rings is 1. The molecule has 0 aliphatic heterocycles. The van der Waals surface area contributed by atoms with Gasteiger partial charge in [-0.3, -0.25) is 0 Å². The van der Waals surface area contributed by atoms with Gasteiger partial charge in [0.2, 0.25) is 0 Å². The molecule has 2 fully saturated rings. The first-order chi connectivity index (χ1) is 9.15. The summed E-state index contributed by atoms with van der Waals surface area (Å²) in [6, 6.07) is 2.58. The van der Waals surface area contributed by atoms with Crippen molar-refractivity contribution in [3.05, 3.63) is 33.8 Å². The Labute approximate surface area is 126 Å². The summed E-state index contributed by atoms with van der Waals surface area (Å²) in [4.78, 5) is 0. The normalized spacial score (nSPS) is 38.5. The Morgan fingerprint density at radius 3 is 2.45 bits per heavy atom. The predicted octanol–water partition coefficient (Wildman–Crippen LogP) is 4.76. The molecule has 1 aromatic rings. The van der Waals surface area contributed by atoms with Gasteiger partial charge >= 0.3 is 0 Å². The molecule has 1 nitrogen and oxygen atoms in total. The van der Waals surface area contributed by atoms with E-state index in [9.17, 15) is 13.9 Å². The molecule has 0 heterocycles.